The van der Waals surface area contributed by atoms with E-state index in [1.54, 1.807) is 25.7 Å². The second-order valence-corrected chi connectivity index (χ2v) is 12.2. The van der Waals surface area contributed by atoms with Crippen LogP contribution in [0.5, 0.6) is 5.75 Å². The van der Waals surface area contributed by atoms with E-state index in [0.29, 0.717) is 25.0 Å². The van der Waals surface area contributed by atoms with Gasteiger partial charge in [-0.15, -0.1) is 13.2 Å². The Morgan fingerprint density at radius 1 is 1.03 bits per heavy atom. The summed E-state index contributed by atoms with van der Waals surface area (Å²) < 4.78 is 73.6. The highest BCUT2D eigenvalue weighted by Gasteiger charge is 2.37. The summed E-state index contributed by atoms with van der Waals surface area (Å²) in [5.41, 5.74) is 1.79. The van der Waals surface area contributed by atoms with Crippen molar-refractivity contribution >= 4 is 27.5 Å². The summed E-state index contributed by atoms with van der Waals surface area (Å²) in [4.78, 5) is 20.0. The fraction of sp³-hybridized carbons (Fsp3) is 0.462. The molecule has 0 unspecified atom stereocenters. The van der Waals surface area contributed by atoms with Gasteiger partial charge in [0, 0.05) is 25.9 Å². The molecular formula is C26H30F3N3O6S. The third-order valence-corrected chi connectivity index (χ3v) is 8.03. The van der Waals surface area contributed by atoms with Gasteiger partial charge in [-0.2, -0.15) is 4.31 Å². The molecule has 9 nitrogen and oxygen atoms in total. The van der Waals surface area contributed by atoms with Gasteiger partial charge in [0.2, 0.25) is 10.0 Å². The average molecular weight is 570 g/mol. The van der Waals surface area contributed by atoms with Gasteiger partial charge in [0.15, 0.2) is 0 Å². The number of alkyl halides is 3. The molecule has 39 heavy (non-hydrogen) atoms. The van der Waals surface area contributed by atoms with Crippen LogP contribution >= 0.6 is 0 Å². The summed E-state index contributed by atoms with van der Waals surface area (Å²) in [5.74, 6) is -0.498. The van der Waals surface area contributed by atoms with Crippen LogP contribution in [0.4, 0.5) is 23.7 Å². The number of rotatable bonds is 6. The number of carbonyl (C=O) groups is 1. The molecule has 1 atom stereocenters. The number of carbonyl (C=O) groups excluding carboxylic acids is 1. The summed E-state index contributed by atoms with van der Waals surface area (Å²) in [7, 11) is -3.90. The monoisotopic (exact) mass is 569 g/mol. The van der Waals surface area contributed by atoms with Gasteiger partial charge >= 0.3 is 12.5 Å². The number of amides is 1. The van der Waals surface area contributed by atoms with Crippen LogP contribution in [0.15, 0.2) is 58.6 Å². The number of para-hydroxylation sites is 1. The topological polar surface area (TPSA) is 97.7 Å². The van der Waals surface area contributed by atoms with Crippen LogP contribution in [0.3, 0.4) is 0 Å². The minimum absolute atomic E-state index is 0.128. The molecule has 0 bridgehead atoms. The lowest BCUT2D eigenvalue weighted by Gasteiger charge is -2.29. The number of nitrogens with zero attached hydrogens (tertiary/aromatic N) is 3. The Kier molecular flexibility index (Phi) is 8.12. The average Bonchev–Trinajstić information content (AvgIpc) is 3.21. The van der Waals surface area contributed by atoms with Crippen molar-refractivity contribution in [3.05, 3.63) is 54.1 Å². The van der Waals surface area contributed by atoms with Crippen molar-refractivity contribution in [1.29, 1.82) is 0 Å². The Morgan fingerprint density at radius 2 is 1.67 bits per heavy atom. The first kappa shape index (κ1) is 28.7. The highest BCUT2D eigenvalue weighted by Crippen LogP contribution is 2.33. The van der Waals surface area contributed by atoms with Crippen molar-refractivity contribution < 1.29 is 40.7 Å². The van der Waals surface area contributed by atoms with Crippen molar-refractivity contribution in [2.45, 2.75) is 62.9 Å². The van der Waals surface area contributed by atoms with E-state index < -0.39 is 33.8 Å². The molecule has 0 spiro atoms. The molecule has 13 heteroatoms. The minimum atomic E-state index is -4.86. The molecule has 2 heterocycles. The molecule has 1 fully saturated rings. The molecule has 0 aliphatic carbocycles. The summed E-state index contributed by atoms with van der Waals surface area (Å²) in [6.07, 6.45) is -4.09. The zero-order valence-corrected chi connectivity index (χ0v) is 22.6. The molecule has 2 aromatic carbocycles. The van der Waals surface area contributed by atoms with Gasteiger partial charge in [-0.1, -0.05) is 23.4 Å². The zero-order valence-electron chi connectivity index (χ0n) is 21.8. The lowest BCUT2D eigenvalue weighted by Crippen LogP contribution is -2.43. The molecule has 0 aromatic heterocycles. The Morgan fingerprint density at radius 3 is 2.28 bits per heavy atom. The first-order chi connectivity index (χ1) is 18.2. The number of fused-ring (bicyclic) bond motifs is 1. The van der Waals surface area contributed by atoms with Crippen molar-refractivity contribution in [3.8, 4) is 5.75 Å². The van der Waals surface area contributed by atoms with Crippen LogP contribution in [-0.4, -0.2) is 62.2 Å². The lowest BCUT2D eigenvalue weighted by atomic mass is 10.1. The second-order valence-electron chi connectivity index (χ2n) is 10.2. The highest BCUT2D eigenvalue weighted by molar-refractivity contribution is 7.89. The molecule has 2 aromatic rings. The Bertz CT molecular complexity index is 1310. The normalized spacial score (nSPS) is 18.5. The smallest absolute Gasteiger partial charge is 0.443 e. The van der Waals surface area contributed by atoms with Crippen LogP contribution in [0.25, 0.3) is 0 Å². The lowest BCUT2D eigenvalue weighted by molar-refractivity contribution is -0.274. The van der Waals surface area contributed by atoms with Crippen molar-refractivity contribution in [2.24, 2.45) is 5.16 Å². The number of sulfonamides is 1. The van der Waals surface area contributed by atoms with E-state index in [2.05, 4.69) is 9.89 Å². The third kappa shape index (κ3) is 7.21. The Labute approximate surface area is 225 Å². The fourth-order valence-corrected chi connectivity index (χ4v) is 5.85. The van der Waals surface area contributed by atoms with E-state index in [4.69, 9.17) is 9.57 Å². The fourth-order valence-electron chi connectivity index (χ4n) is 4.41. The first-order valence-electron chi connectivity index (χ1n) is 12.4. The standard InChI is InChI=1S/C26H30F3N3O6S/c1-25(2,3)38-24(33)32-20(16-18-6-4-5-7-23(18)32)17-36-30-19-12-14-31(15-13-19)39(34,35)22-10-8-21(9-11-22)37-26(27,28)29/h4-11,20H,12-17H2,1-3H3/t20-/m0/s1. The third-order valence-electron chi connectivity index (χ3n) is 6.12. The molecular weight excluding hydrogens is 539 g/mol. The maximum atomic E-state index is 12.9. The number of halogens is 3. The van der Waals surface area contributed by atoms with Crippen LogP contribution in [0, 0.1) is 0 Å². The maximum Gasteiger partial charge on any atom is 0.573 e. The van der Waals surface area contributed by atoms with E-state index in [9.17, 15) is 26.4 Å². The van der Waals surface area contributed by atoms with Gasteiger partial charge in [-0.3, -0.25) is 4.90 Å². The SMILES string of the molecule is CC(C)(C)OC(=O)N1c2ccccc2C[C@H]1CON=C1CCN(S(=O)(=O)c2ccc(OC(F)(F)F)cc2)CC1. The molecule has 2 aliphatic heterocycles. The van der Waals surface area contributed by atoms with E-state index in [0.717, 1.165) is 35.5 Å². The van der Waals surface area contributed by atoms with Gasteiger partial charge in [0.05, 0.1) is 22.3 Å². The predicted molar refractivity (Wildman–Crippen MR) is 137 cm³/mol. The van der Waals surface area contributed by atoms with Gasteiger partial charge in [0.25, 0.3) is 0 Å². The minimum Gasteiger partial charge on any atom is -0.443 e. The molecule has 4 rings (SSSR count). The van der Waals surface area contributed by atoms with Crippen molar-refractivity contribution in [1.82, 2.24) is 4.31 Å². The molecule has 0 radical (unpaired) electrons. The molecule has 0 N–H and O–H groups in total. The zero-order chi connectivity index (χ0) is 28.4. The van der Waals surface area contributed by atoms with Crippen LogP contribution in [0.1, 0.15) is 39.2 Å². The van der Waals surface area contributed by atoms with E-state index in [1.165, 1.54) is 4.31 Å². The summed E-state index contributed by atoms with van der Waals surface area (Å²) >= 11 is 0. The molecule has 0 saturated carbocycles. The number of hydrogen-bond acceptors (Lipinski definition) is 7. The summed E-state index contributed by atoms with van der Waals surface area (Å²) in [5, 5.41) is 4.21. The molecule has 1 amide bonds. The largest absolute Gasteiger partial charge is 0.573 e. The molecule has 212 valence electrons. The predicted octanol–water partition coefficient (Wildman–Crippen LogP) is 5.11. The number of benzene rings is 2. The van der Waals surface area contributed by atoms with Crippen LogP contribution < -0.4 is 9.64 Å². The number of hydrogen-bond donors (Lipinski definition) is 0. The van der Waals surface area contributed by atoms with E-state index in [-0.39, 0.29) is 30.6 Å². The first-order valence-corrected chi connectivity index (χ1v) is 13.8. The van der Waals surface area contributed by atoms with Crippen LogP contribution in [-0.2, 0) is 26.0 Å². The quantitative estimate of drug-likeness (QED) is 0.449. The second kappa shape index (κ2) is 11.0. The number of piperidine rings is 1. The Hall–Kier alpha value is -3.32. The number of ether oxygens (including phenoxy) is 2. The maximum absolute atomic E-state index is 12.9. The number of oxime groups is 1. The van der Waals surface area contributed by atoms with E-state index >= 15 is 0 Å². The molecule has 2 aliphatic rings. The van der Waals surface area contributed by atoms with Crippen LogP contribution in [0.2, 0.25) is 0 Å². The molecule has 1 saturated heterocycles. The van der Waals surface area contributed by atoms with Gasteiger partial charge in [-0.25, -0.2) is 13.2 Å². The summed E-state index contributed by atoms with van der Waals surface area (Å²) in [6.45, 7) is 5.82. The van der Waals surface area contributed by atoms with Crippen molar-refractivity contribution in [2.75, 3.05) is 24.6 Å². The van der Waals surface area contributed by atoms with Crippen molar-refractivity contribution in [3.63, 3.8) is 0 Å². The van der Waals surface area contributed by atoms with Gasteiger partial charge in [0.1, 0.15) is 18.0 Å². The van der Waals surface area contributed by atoms with Gasteiger partial charge in [-0.05, 0) is 63.1 Å². The van der Waals surface area contributed by atoms with E-state index in [1.807, 2.05) is 24.3 Å². The van der Waals surface area contributed by atoms with Gasteiger partial charge < -0.3 is 14.3 Å². The summed E-state index contributed by atoms with van der Waals surface area (Å²) in [6, 6.07) is 11.3. The highest BCUT2D eigenvalue weighted by atomic mass is 32.2. The Balaban J connectivity index is 1.34. The number of anilines is 1.